The van der Waals surface area contributed by atoms with Crippen molar-refractivity contribution in [3.05, 3.63) is 9.78 Å². The third kappa shape index (κ3) is 2.72. The van der Waals surface area contributed by atoms with Crippen LogP contribution in [0.2, 0.25) is 5.82 Å². The Hall–Kier alpha value is 0.0849. The van der Waals surface area contributed by atoms with Crippen LogP contribution in [0.4, 0.5) is 0 Å². The first-order valence-electron chi connectivity index (χ1n) is 7.20. The number of nitrogens with zero attached hydrogens (tertiary/aromatic N) is 1. The predicted octanol–water partition coefficient (Wildman–Crippen LogP) is 3.36. The zero-order valence-electron chi connectivity index (χ0n) is 12.4. The number of hydrogen-bond donors (Lipinski definition) is 0. The van der Waals surface area contributed by atoms with Gasteiger partial charge in [0.1, 0.15) is 0 Å². The van der Waals surface area contributed by atoms with E-state index in [2.05, 4.69) is 55.3 Å². The van der Waals surface area contributed by atoms with Gasteiger partial charge in [0.05, 0.1) is 29.2 Å². The molecule has 2 unspecified atom stereocenters. The Balaban J connectivity index is 1.80. The van der Waals surface area contributed by atoms with Crippen LogP contribution in [0.1, 0.15) is 40.5 Å². The first kappa shape index (κ1) is 15.0. The van der Waals surface area contributed by atoms with Gasteiger partial charge < -0.3 is 14.0 Å². The van der Waals surface area contributed by atoms with E-state index in [0.29, 0.717) is 6.10 Å². The van der Waals surface area contributed by atoms with Crippen LogP contribution >= 0.6 is 22.6 Å². The standard InChI is InChI=1S/C14H21BINO3/c1-13(2)14(3,4)20-15(19-13)12-10(16)7-17-8-11(12)18-9-5-6-9/h7-9,11-12H,5-6H2,1-4H3. The highest BCUT2D eigenvalue weighted by Gasteiger charge is 2.56. The van der Waals surface area contributed by atoms with E-state index in [0.717, 1.165) is 16.4 Å². The maximum Gasteiger partial charge on any atom is 0.469 e. The molecule has 0 aromatic carbocycles. The van der Waals surface area contributed by atoms with Gasteiger partial charge in [0.2, 0.25) is 0 Å². The summed E-state index contributed by atoms with van der Waals surface area (Å²) in [5.41, 5.74) is -0.624. The van der Waals surface area contributed by atoms with Crippen LogP contribution in [-0.2, 0) is 14.0 Å². The highest BCUT2D eigenvalue weighted by molar-refractivity contribution is 14.1. The van der Waals surface area contributed by atoms with Crippen molar-refractivity contribution in [1.29, 1.82) is 0 Å². The second-order valence-electron chi connectivity index (χ2n) is 6.76. The lowest BCUT2D eigenvalue weighted by Crippen LogP contribution is -2.41. The van der Waals surface area contributed by atoms with Crippen molar-refractivity contribution >= 4 is 35.9 Å². The van der Waals surface area contributed by atoms with E-state index < -0.39 is 0 Å². The third-order valence-corrected chi connectivity index (χ3v) is 5.54. The molecule has 0 aromatic rings. The van der Waals surface area contributed by atoms with Crippen molar-refractivity contribution in [2.24, 2.45) is 4.99 Å². The van der Waals surface area contributed by atoms with Gasteiger partial charge >= 0.3 is 7.12 Å². The Kier molecular flexibility index (Phi) is 3.80. The van der Waals surface area contributed by atoms with E-state index in [1.807, 2.05) is 12.4 Å². The lowest BCUT2D eigenvalue weighted by atomic mass is 9.68. The molecule has 0 spiro atoms. The molecule has 2 heterocycles. The van der Waals surface area contributed by atoms with E-state index >= 15 is 0 Å². The molecule has 0 aromatic heterocycles. The van der Waals surface area contributed by atoms with Gasteiger partial charge in [0, 0.05) is 16.0 Å². The summed E-state index contributed by atoms with van der Waals surface area (Å²) in [6, 6.07) is 0. The number of ether oxygens (including phenoxy) is 1. The van der Waals surface area contributed by atoms with Gasteiger partial charge in [-0.3, -0.25) is 4.99 Å². The molecule has 0 radical (unpaired) electrons. The molecular formula is C14H21BINO3. The molecule has 110 valence electrons. The zero-order valence-corrected chi connectivity index (χ0v) is 14.6. The lowest BCUT2D eigenvalue weighted by molar-refractivity contribution is 0.00578. The largest absolute Gasteiger partial charge is 0.469 e. The molecule has 20 heavy (non-hydrogen) atoms. The fourth-order valence-electron chi connectivity index (χ4n) is 2.40. The van der Waals surface area contributed by atoms with Gasteiger partial charge in [0.15, 0.2) is 0 Å². The molecular weight excluding hydrogens is 368 g/mol. The molecule has 1 saturated heterocycles. The monoisotopic (exact) mass is 389 g/mol. The summed E-state index contributed by atoms with van der Waals surface area (Å²) in [6.45, 7) is 8.32. The second kappa shape index (κ2) is 5.07. The van der Waals surface area contributed by atoms with E-state index in [1.165, 1.54) is 0 Å². The fourth-order valence-corrected chi connectivity index (χ4v) is 3.21. The highest BCUT2D eigenvalue weighted by Crippen LogP contribution is 2.46. The zero-order chi connectivity index (χ0) is 14.5. The highest BCUT2D eigenvalue weighted by atomic mass is 127. The minimum Gasteiger partial charge on any atom is -0.403 e. The Labute approximate surface area is 134 Å². The maximum atomic E-state index is 6.20. The Bertz CT molecular complexity index is 443. The quantitative estimate of drug-likeness (QED) is 0.549. The van der Waals surface area contributed by atoms with Crippen LogP contribution in [0.5, 0.6) is 0 Å². The lowest BCUT2D eigenvalue weighted by Gasteiger charge is -2.32. The average molecular weight is 389 g/mol. The van der Waals surface area contributed by atoms with Crippen molar-refractivity contribution in [1.82, 2.24) is 0 Å². The van der Waals surface area contributed by atoms with Crippen LogP contribution in [0.15, 0.2) is 14.8 Å². The van der Waals surface area contributed by atoms with Gasteiger partial charge in [0.25, 0.3) is 0 Å². The van der Waals surface area contributed by atoms with E-state index in [-0.39, 0.29) is 30.2 Å². The van der Waals surface area contributed by atoms with E-state index in [4.69, 9.17) is 14.0 Å². The molecule has 1 aliphatic carbocycles. The molecule has 0 bridgehead atoms. The number of halogens is 1. The first-order chi connectivity index (χ1) is 9.30. The molecule has 4 nitrogen and oxygen atoms in total. The van der Waals surface area contributed by atoms with E-state index in [1.54, 1.807) is 0 Å². The average Bonchev–Trinajstić information content (AvgIpc) is 3.07. The number of hydrogen-bond acceptors (Lipinski definition) is 4. The molecule has 1 saturated carbocycles. The van der Waals surface area contributed by atoms with Crippen molar-refractivity contribution in [2.75, 3.05) is 0 Å². The summed E-state index contributed by atoms with van der Waals surface area (Å²) in [4.78, 5) is 4.28. The van der Waals surface area contributed by atoms with Gasteiger partial charge in [-0.15, -0.1) is 0 Å². The summed E-state index contributed by atoms with van der Waals surface area (Å²) in [7, 11) is -0.279. The normalized spacial score (nSPS) is 35.2. The summed E-state index contributed by atoms with van der Waals surface area (Å²) in [5, 5.41) is 0. The van der Waals surface area contributed by atoms with Crippen molar-refractivity contribution in [3.8, 4) is 0 Å². The molecule has 0 amide bonds. The van der Waals surface area contributed by atoms with Gasteiger partial charge in [-0.1, -0.05) is 0 Å². The Morgan fingerprint density at radius 1 is 1.25 bits per heavy atom. The fraction of sp³-hybridized carbons (Fsp3) is 0.786. The van der Waals surface area contributed by atoms with E-state index in [9.17, 15) is 0 Å². The second-order valence-corrected chi connectivity index (χ2v) is 8.01. The van der Waals surface area contributed by atoms with Gasteiger partial charge in [-0.2, -0.15) is 0 Å². The van der Waals surface area contributed by atoms with Crippen LogP contribution in [0.3, 0.4) is 0 Å². The Morgan fingerprint density at radius 2 is 1.85 bits per heavy atom. The predicted molar refractivity (Wildman–Crippen MR) is 88.3 cm³/mol. The minimum atomic E-state index is -0.312. The minimum absolute atomic E-state index is 0.0471. The Morgan fingerprint density at radius 3 is 2.40 bits per heavy atom. The molecule has 3 aliphatic rings. The van der Waals surface area contributed by atoms with Crippen molar-refractivity contribution in [3.63, 3.8) is 0 Å². The molecule has 2 aliphatic heterocycles. The first-order valence-corrected chi connectivity index (χ1v) is 8.28. The third-order valence-electron chi connectivity index (χ3n) is 4.54. The van der Waals surface area contributed by atoms with Gasteiger partial charge in [-0.25, -0.2) is 0 Å². The van der Waals surface area contributed by atoms with Crippen LogP contribution in [0.25, 0.3) is 0 Å². The number of rotatable bonds is 3. The van der Waals surface area contributed by atoms with Crippen LogP contribution < -0.4 is 0 Å². The topological polar surface area (TPSA) is 40.0 Å². The molecule has 6 heteroatoms. The van der Waals surface area contributed by atoms with Crippen LogP contribution in [0, 0.1) is 0 Å². The molecule has 3 rings (SSSR count). The molecule has 0 N–H and O–H groups in total. The summed E-state index contributed by atoms with van der Waals surface area (Å²) >= 11 is 2.32. The van der Waals surface area contributed by atoms with Crippen molar-refractivity contribution in [2.45, 2.75) is 69.8 Å². The summed E-state index contributed by atoms with van der Waals surface area (Å²) in [6.07, 6.45) is 6.41. The maximum absolute atomic E-state index is 6.20. The van der Waals surface area contributed by atoms with Crippen LogP contribution in [-0.4, -0.2) is 36.7 Å². The SMILES string of the molecule is CC1(C)OB(C2C(I)=CN=CC2OC2CC2)OC1(C)C. The number of aliphatic imine (C=N–C) groups is 1. The summed E-state index contributed by atoms with van der Waals surface area (Å²) in [5.74, 6) is 0.0785. The molecule has 2 fully saturated rings. The van der Waals surface area contributed by atoms with Gasteiger partial charge in [-0.05, 0) is 63.1 Å². The molecule has 2 atom stereocenters. The smallest absolute Gasteiger partial charge is 0.403 e. The van der Waals surface area contributed by atoms with Crippen molar-refractivity contribution < 1.29 is 14.0 Å². The summed E-state index contributed by atoms with van der Waals surface area (Å²) < 4.78 is 19.6.